The molecule has 0 saturated heterocycles. The average Bonchev–Trinajstić information content (AvgIpc) is 3.24. The Balaban J connectivity index is 1.52. The molecule has 1 aromatic heterocycles. The lowest BCUT2D eigenvalue weighted by molar-refractivity contribution is -0.274. The maximum Gasteiger partial charge on any atom is 0.573 e. The van der Waals surface area contributed by atoms with Crippen molar-refractivity contribution in [2.24, 2.45) is 0 Å². The Hall–Kier alpha value is -3.78. The second kappa shape index (κ2) is 10.7. The van der Waals surface area contributed by atoms with Gasteiger partial charge in [-0.3, -0.25) is 4.79 Å². The number of aromatic nitrogens is 1. The van der Waals surface area contributed by atoms with E-state index in [0.717, 1.165) is 22.0 Å². The molecule has 0 radical (unpaired) electrons. The van der Waals surface area contributed by atoms with Gasteiger partial charge in [-0.2, -0.15) is 0 Å². The zero-order valence-corrected chi connectivity index (χ0v) is 19.1. The second-order valence-electron chi connectivity index (χ2n) is 8.33. The predicted octanol–water partition coefficient (Wildman–Crippen LogP) is 5.64. The van der Waals surface area contributed by atoms with Gasteiger partial charge in [-0.05, 0) is 48.2 Å². The van der Waals surface area contributed by atoms with Crippen LogP contribution in [0, 0.1) is 0 Å². The van der Waals surface area contributed by atoms with Crippen LogP contribution in [0.15, 0.2) is 85.1 Å². The highest BCUT2D eigenvalue weighted by atomic mass is 19.4. The van der Waals surface area contributed by atoms with Gasteiger partial charge in [0.05, 0.1) is 12.1 Å². The van der Waals surface area contributed by atoms with Gasteiger partial charge in [-0.15, -0.1) is 13.2 Å². The normalized spacial score (nSPS) is 13.4. The molecule has 0 saturated carbocycles. The first-order valence-corrected chi connectivity index (χ1v) is 11.3. The number of fused-ring (bicyclic) bond motifs is 1. The monoisotopic (exact) mass is 481 g/mol. The molecule has 4 aromatic rings. The lowest BCUT2D eigenvalue weighted by atomic mass is 10.0. The maximum absolute atomic E-state index is 13.3. The van der Waals surface area contributed by atoms with Crippen molar-refractivity contribution in [3.8, 4) is 5.75 Å². The second-order valence-corrected chi connectivity index (χ2v) is 8.33. The molecule has 35 heavy (non-hydrogen) atoms. The van der Waals surface area contributed by atoms with E-state index in [9.17, 15) is 18.0 Å². The standard InChI is InChI=1S/C27H26F3N3O2/c1-18(20-9-3-2-4-10-20)33-26(34)25(15-21-17-32-24-13-6-5-12-23(21)24)31-16-19-8-7-11-22(14-19)35-27(28,29)30/h2-14,17-18,25,31-32H,15-16H2,1H3,(H,33,34)/t18?,25-/m1/s1. The third kappa shape index (κ3) is 6.64. The SMILES string of the molecule is CC(NC(=O)[C@@H](Cc1c[nH]c2ccccc12)NCc1cccc(OC(F)(F)F)c1)c1ccccc1. The summed E-state index contributed by atoms with van der Waals surface area (Å²) >= 11 is 0. The molecule has 1 amide bonds. The van der Waals surface area contributed by atoms with Crippen LogP contribution in [0.25, 0.3) is 10.9 Å². The first kappa shape index (κ1) is 24.3. The summed E-state index contributed by atoms with van der Waals surface area (Å²) in [5.41, 5.74) is 3.48. The Bertz CT molecular complexity index is 1270. The molecule has 0 aliphatic carbocycles. The third-order valence-corrected chi connectivity index (χ3v) is 5.76. The molecular weight excluding hydrogens is 455 g/mol. The van der Waals surface area contributed by atoms with Gasteiger partial charge in [-0.25, -0.2) is 0 Å². The number of ether oxygens (including phenoxy) is 1. The van der Waals surface area contributed by atoms with Gasteiger partial charge in [0.25, 0.3) is 0 Å². The molecule has 2 atom stereocenters. The van der Waals surface area contributed by atoms with E-state index in [1.165, 1.54) is 18.2 Å². The van der Waals surface area contributed by atoms with E-state index in [1.54, 1.807) is 6.07 Å². The van der Waals surface area contributed by atoms with Crippen LogP contribution in [0.5, 0.6) is 5.75 Å². The molecule has 0 fully saturated rings. The van der Waals surface area contributed by atoms with Crippen LogP contribution in [0.2, 0.25) is 0 Å². The van der Waals surface area contributed by atoms with Gasteiger partial charge in [0.2, 0.25) is 5.91 Å². The minimum atomic E-state index is -4.77. The van der Waals surface area contributed by atoms with Crippen molar-refractivity contribution in [3.63, 3.8) is 0 Å². The summed E-state index contributed by atoms with van der Waals surface area (Å²) < 4.78 is 41.8. The zero-order chi connectivity index (χ0) is 24.8. The van der Waals surface area contributed by atoms with Crippen molar-refractivity contribution in [2.75, 3.05) is 0 Å². The van der Waals surface area contributed by atoms with Gasteiger partial charge in [0.15, 0.2) is 0 Å². The molecule has 0 aliphatic rings. The average molecular weight is 482 g/mol. The largest absolute Gasteiger partial charge is 0.573 e. The number of alkyl halides is 3. The highest BCUT2D eigenvalue weighted by molar-refractivity contribution is 5.86. The van der Waals surface area contributed by atoms with Gasteiger partial charge >= 0.3 is 6.36 Å². The Kier molecular flexibility index (Phi) is 7.41. The summed E-state index contributed by atoms with van der Waals surface area (Å²) in [6.07, 6.45) is -2.49. The first-order valence-electron chi connectivity index (χ1n) is 11.3. The Labute approximate surface area is 201 Å². The first-order chi connectivity index (χ1) is 16.8. The number of carbonyl (C=O) groups excluding carboxylic acids is 1. The van der Waals surface area contributed by atoms with Crippen molar-refractivity contribution in [1.29, 1.82) is 0 Å². The van der Waals surface area contributed by atoms with Crippen molar-refractivity contribution in [3.05, 3.63) is 102 Å². The number of hydrogen-bond acceptors (Lipinski definition) is 3. The van der Waals surface area contributed by atoms with E-state index in [2.05, 4.69) is 20.4 Å². The van der Waals surface area contributed by atoms with E-state index in [4.69, 9.17) is 0 Å². The molecule has 1 heterocycles. The van der Waals surface area contributed by atoms with Crippen LogP contribution in [0.3, 0.4) is 0 Å². The highest BCUT2D eigenvalue weighted by Gasteiger charge is 2.31. The number of amides is 1. The van der Waals surface area contributed by atoms with Gasteiger partial charge < -0.3 is 20.4 Å². The number of benzene rings is 3. The van der Waals surface area contributed by atoms with Gasteiger partial charge in [-0.1, -0.05) is 60.7 Å². The number of hydrogen-bond donors (Lipinski definition) is 3. The molecule has 3 aromatic carbocycles. The number of para-hydroxylation sites is 1. The van der Waals surface area contributed by atoms with Crippen LogP contribution in [-0.4, -0.2) is 23.3 Å². The smallest absolute Gasteiger partial charge is 0.406 e. The van der Waals surface area contributed by atoms with E-state index in [-0.39, 0.29) is 24.2 Å². The highest BCUT2D eigenvalue weighted by Crippen LogP contribution is 2.24. The van der Waals surface area contributed by atoms with E-state index in [1.807, 2.05) is 67.7 Å². The molecule has 3 N–H and O–H groups in total. The fourth-order valence-corrected chi connectivity index (χ4v) is 4.01. The predicted molar refractivity (Wildman–Crippen MR) is 129 cm³/mol. The number of halogens is 3. The van der Waals surface area contributed by atoms with Crippen LogP contribution in [-0.2, 0) is 17.8 Å². The quantitative estimate of drug-likeness (QED) is 0.290. The van der Waals surface area contributed by atoms with Crippen LogP contribution in [0.4, 0.5) is 13.2 Å². The fourth-order valence-electron chi connectivity index (χ4n) is 4.01. The molecule has 8 heteroatoms. The minimum Gasteiger partial charge on any atom is -0.406 e. The van der Waals surface area contributed by atoms with Crippen LogP contribution < -0.4 is 15.4 Å². The van der Waals surface area contributed by atoms with Gasteiger partial charge in [0, 0.05) is 23.6 Å². The fraction of sp³-hybridized carbons (Fsp3) is 0.222. The topological polar surface area (TPSA) is 66.2 Å². The number of rotatable bonds is 9. The summed E-state index contributed by atoms with van der Waals surface area (Å²) in [5.74, 6) is -0.499. The molecule has 4 rings (SSSR count). The zero-order valence-electron chi connectivity index (χ0n) is 19.1. The van der Waals surface area contributed by atoms with Crippen LogP contribution >= 0.6 is 0 Å². The number of H-pyrrole nitrogens is 1. The molecule has 182 valence electrons. The van der Waals surface area contributed by atoms with Crippen molar-refractivity contribution >= 4 is 16.8 Å². The van der Waals surface area contributed by atoms with E-state index >= 15 is 0 Å². The summed E-state index contributed by atoms with van der Waals surface area (Å²) in [5, 5.41) is 7.29. The number of carbonyl (C=O) groups is 1. The molecule has 0 spiro atoms. The van der Waals surface area contributed by atoms with Crippen LogP contribution in [0.1, 0.15) is 29.7 Å². The third-order valence-electron chi connectivity index (χ3n) is 5.76. The molecule has 0 bridgehead atoms. The number of aromatic amines is 1. The summed E-state index contributed by atoms with van der Waals surface area (Å²) in [4.78, 5) is 16.5. The summed E-state index contributed by atoms with van der Waals surface area (Å²) in [7, 11) is 0. The lowest BCUT2D eigenvalue weighted by Gasteiger charge is -2.22. The molecule has 0 aliphatic heterocycles. The van der Waals surface area contributed by atoms with Crippen molar-refractivity contribution in [2.45, 2.75) is 38.3 Å². The van der Waals surface area contributed by atoms with E-state index < -0.39 is 12.4 Å². The van der Waals surface area contributed by atoms with Crippen molar-refractivity contribution in [1.82, 2.24) is 15.6 Å². The lowest BCUT2D eigenvalue weighted by Crippen LogP contribution is -2.46. The minimum absolute atomic E-state index is 0.190. The molecule has 5 nitrogen and oxygen atoms in total. The number of nitrogens with one attached hydrogen (secondary N) is 3. The molecular formula is C27H26F3N3O2. The Morgan fingerprint density at radius 1 is 1.00 bits per heavy atom. The van der Waals surface area contributed by atoms with Gasteiger partial charge in [0.1, 0.15) is 5.75 Å². The Morgan fingerprint density at radius 2 is 1.74 bits per heavy atom. The van der Waals surface area contributed by atoms with Crippen molar-refractivity contribution < 1.29 is 22.7 Å². The summed E-state index contributed by atoms with van der Waals surface area (Å²) in [6, 6.07) is 22.3. The molecule has 1 unspecified atom stereocenters. The summed E-state index contributed by atoms with van der Waals surface area (Å²) in [6.45, 7) is 2.10. The van der Waals surface area contributed by atoms with E-state index in [0.29, 0.717) is 12.0 Å². The Morgan fingerprint density at radius 3 is 2.51 bits per heavy atom. The maximum atomic E-state index is 13.3.